The van der Waals surface area contributed by atoms with Crippen LogP contribution in [0.1, 0.15) is 18.4 Å². The predicted molar refractivity (Wildman–Crippen MR) is 65.8 cm³/mol. The number of nitrogens with zero attached hydrogens (tertiary/aromatic N) is 2. The largest absolute Gasteiger partial charge is 0.256 e. The molecule has 1 aromatic carbocycles. The van der Waals surface area contributed by atoms with Gasteiger partial charge in [-0.2, -0.15) is 4.99 Å². The number of hydrogen-bond acceptors (Lipinski definition) is 3. The highest BCUT2D eigenvalue weighted by Crippen LogP contribution is 2.53. The third-order valence-corrected chi connectivity index (χ3v) is 3.49. The maximum atomic E-state index is 10.5. The van der Waals surface area contributed by atoms with Crippen LogP contribution in [0.5, 0.6) is 0 Å². The lowest BCUT2D eigenvalue weighted by Gasteiger charge is -2.13. The molecule has 0 aliphatic heterocycles. The quantitative estimate of drug-likeness (QED) is 0.601. The maximum absolute atomic E-state index is 10.5. The van der Waals surface area contributed by atoms with E-state index in [-0.39, 0.29) is 0 Å². The highest BCUT2D eigenvalue weighted by molar-refractivity contribution is 6.32. The third kappa shape index (κ3) is 1.55. The molecule has 0 atom stereocenters. The van der Waals surface area contributed by atoms with Crippen LogP contribution in [0.2, 0.25) is 5.02 Å². The lowest BCUT2D eigenvalue weighted by Crippen LogP contribution is -2.05. The first-order valence-corrected chi connectivity index (χ1v) is 5.77. The van der Waals surface area contributed by atoms with E-state index in [0.29, 0.717) is 5.02 Å². The second-order valence-electron chi connectivity index (χ2n) is 4.23. The van der Waals surface area contributed by atoms with Crippen LogP contribution in [0.4, 0.5) is 0 Å². The second kappa shape index (κ2) is 3.66. The van der Waals surface area contributed by atoms with Gasteiger partial charge in [0.1, 0.15) is 5.54 Å². The second-order valence-corrected chi connectivity index (χ2v) is 4.64. The molecule has 0 bridgehead atoms. The number of benzene rings is 1. The van der Waals surface area contributed by atoms with E-state index in [0.717, 1.165) is 29.3 Å². The fourth-order valence-corrected chi connectivity index (χ4v) is 2.52. The summed E-state index contributed by atoms with van der Waals surface area (Å²) < 4.78 is 0. The van der Waals surface area contributed by atoms with Crippen LogP contribution < -0.4 is 0 Å². The van der Waals surface area contributed by atoms with Gasteiger partial charge in [-0.1, -0.05) is 23.7 Å². The van der Waals surface area contributed by atoms with Crippen LogP contribution in [0.25, 0.3) is 10.9 Å². The monoisotopic (exact) mass is 244 g/mol. The van der Waals surface area contributed by atoms with Gasteiger partial charge in [-0.05, 0) is 25.0 Å². The van der Waals surface area contributed by atoms with Crippen molar-refractivity contribution in [2.24, 2.45) is 4.99 Å². The van der Waals surface area contributed by atoms with E-state index in [9.17, 15) is 4.79 Å². The Balaban J connectivity index is 2.35. The van der Waals surface area contributed by atoms with Crippen LogP contribution in [0, 0.1) is 0 Å². The van der Waals surface area contributed by atoms with E-state index in [1.54, 1.807) is 12.3 Å². The number of halogens is 1. The van der Waals surface area contributed by atoms with Gasteiger partial charge in [0.05, 0.1) is 5.52 Å². The van der Waals surface area contributed by atoms with Gasteiger partial charge in [0, 0.05) is 22.2 Å². The molecule has 3 rings (SSSR count). The number of rotatable bonds is 2. The summed E-state index contributed by atoms with van der Waals surface area (Å²) in [5.74, 6) is 0. The molecule has 1 aromatic heterocycles. The first-order chi connectivity index (χ1) is 8.27. The smallest absolute Gasteiger partial charge is 0.235 e. The predicted octanol–water partition coefficient (Wildman–Crippen LogP) is 3.21. The van der Waals surface area contributed by atoms with Crippen molar-refractivity contribution in [2.45, 2.75) is 18.4 Å². The molecule has 3 nitrogen and oxygen atoms in total. The van der Waals surface area contributed by atoms with Crippen molar-refractivity contribution in [2.75, 3.05) is 0 Å². The highest BCUT2D eigenvalue weighted by Gasteiger charge is 2.47. The molecule has 4 heteroatoms. The van der Waals surface area contributed by atoms with E-state index in [4.69, 9.17) is 11.6 Å². The number of carbonyl (C=O) groups excluding carboxylic acids is 1. The minimum Gasteiger partial charge on any atom is -0.256 e. The Bertz CT molecular complexity index is 643. The molecule has 0 N–H and O–H groups in total. The van der Waals surface area contributed by atoms with Crippen molar-refractivity contribution < 1.29 is 4.79 Å². The van der Waals surface area contributed by atoms with Crippen molar-refractivity contribution in [3.63, 3.8) is 0 Å². The van der Waals surface area contributed by atoms with Crippen LogP contribution in [0.3, 0.4) is 0 Å². The summed E-state index contributed by atoms with van der Waals surface area (Å²) in [5, 5.41) is 1.63. The molecular formula is C13H9ClN2O. The highest BCUT2D eigenvalue weighted by atomic mass is 35.5. The van der Waals surface area contributed by atoms with Crippen molar-refractivity contribution in [1.29, 1.82) is 0 Å². The summed E-state index contributed by atoms with van der Waals surface area (Å²) in [5.41, 5.74) is 1.21. The van der Waals surface area contributed by atoms with Gasteiger partial charge in [-0.25, -0.2) is 4.79 Å². The summed E-state index contributed by atoms with van der Waals surface area (Å²) in [6, 6.07) is 7.61. The molecule has 1 aliphatic rings. The van der Waals surface area contributed by atoms with Crippen LogP contribution in [-0.4, -0.2) is 11.1 Å². The summed E-state index contributed by atoms with van der Waals surface area (Å²) in [6.07, 6.45) is 5.04. The molecule has 0 amide bonds. The Kier molecular flexibility index (Phi) is 2.25. The molecule has 1 fully saturated rings. The summed E-state index contributed by atoms with van der Waals surface area (Å²) in [6.45, 7) is 0. The molecule has 17 heavy (non-hydrogen) atoms. The fourth-order valence-electron chi connectivity index (χ4n) is 2.19. The fraction of sp³-hybridized carbons (Fsp3) is 0.231. The Morgan fingerprint density at radius 1 is 1.35 bits per heavy atom. The number of aromatic nitrogens is 1. The summed E-state index contributed by atoms with van der Waals surface area (Å²) in [4.78, 5) is 18.8. The van der Waals surface area contributed by atoms with Crippen molar-refractivity contribution in [1.82, 2.24) is 4.98 Å². The van der Waals surface area contributed by atoms with Crippen LogP contribution in [0.15, 0.2) is 35.5 Å². The lowest BCUT2D eigenvalue weighted by atomic mass is 10.0. The van der Waals surface area contributed by atoms with E-state index >= 15 is 0 Å². The first-order valence-electron chi connectivity index (χ1n) is 5.40. The molecule has 0 radical (unpaired) electrons. The van der Waals surface area contributed by atoms with Gasteiger partial charge in [0.15, 0.2) is 0 Å². The molecule has 1 aliphatic carbocycles. The average molecular weight is 245 g/mol. The number of pyridine rings is 1. The van der Waals surface area contributed by atoms with Crippen molar-refractivity contribution >= 4 is 28.6 Å². The van der Waals surface area contributed by atoms with E-state index in [1.807, 2.05) is 24.3 Å². The van der Waals surface area contributed by atoms with Crippen molar-refractivity contribution in [3.05, 3.63) is 41.0 Å². The van der Waals surface area contributed by atoms with Crippen molar-refractivity contribution in [3.8, 4) is 0 Å². The Labute approximate surface area is 103 Å². The number of hydrogen-bond donors (Lipinski definition) is 0. The zero-order valence-electron chi connectivity index (χ0n) is 8.98. The molecule has 2 aromatic rings. The molecule has 0 spiro atoms. The molecule has 1 saturated carbocycles. The Morgan fingerprint density at radius 2 is 2.18 bits per heavy atom. The standard InChI is InChI=1S/C13H9ClN2O/c14-10-4-3-9-2-1-7-15-12(9)11(10)13(5-6-13)16-8-17/h1-4,7H,5-6H2. The molecule has 84 valence electrons. The van der Waals surface area contributed by atoms with E-state index < -0.39 is 5.54 Å². The Hall–Kier alpha value is -1.70. The average Bonchev–Trinajstić information content (AvgIpc) is 3.10. The lowest BCUT2D eigenvalue weighted by molar-refractivity contribution is 0.556. The van der Waals surface area contributed by atoms with Gasteiger partial charge in [-0.3, -0.25) is 4.98 Å². The third-order valence-electron chi connectivity index (χ3n) is 3.17. The van der Waals surface area contributed by atoms with Gasteiger partial charge < -0.3 is 0 Å². The number of isocyanates is 1. The normalized spacial score (nSPS) is 16.5. The van der Waals surface area contributed by atoms with E-state index in [1.165, 1.54) is 0 Å². The summed E-state index contributed by atoms with van der Waals surface area (Å²) in [7, 11) is 0. The first kappa shape index (κ1) is 10.5. The van der Waals surface area contributed by atoms with Gasteiger partial charge in [-0.15, -0.1) is 0 Å². The van der Waals surface area contributed by atoms with E-state index in [2.05, 4.69) is 9.98 Å². The minimum absolute atomic E-state index is 0.479. The maximum Gasteiger partial charge on any atom is 0.235 e. The zero-order chi connectivity index (χ0) is 11.9. The van der Waals surface area contributed by atoms with Gasteiger partial charge in [0.25, 0.3) is 0 Å². The molecular weight excluding hydrogens is 236 g/mol. The van der Waals surface area contributed by atoms with Gasteiger partial charge >= 0.3 is 0 Å². The van der Waals surface area contributed by atoms with Crippen LogP contribution >= 0.6 is 11.6 Å². The summed E-state index contributed by atoms with van der Waals surface area (Å²) >= 11 is 6.23. The van der Waals surface area contributed by atoms with Gasteiger partial charge in [0.2, 0.25) is 6.08 Å². The molecule has 1 heterocycles. The molecule has 0 saturated heterocycles. The number of fused-ring (bicyclic) bond motifs is 1. The molecule has 0 unspecified atom stereocenters. The van der Waals surface area contributed by atoms with Crippen LogP contribution in [-0.2, 0) is 10.3 Å². The minimum atomic E-state index is -0.479. The zero-order valence-corrected chi connectivity index (χ0v) is 9.74. The number of aliphatic imine (C=N–C) groups is 1. The topological polar surface area (TPSA) is 42.3 Å². The SMILES string of the molecule is O=C=NC1(c2c(Cl)ccc3cccnc23)CC1. The Morgan fingerprint density at radius 3 is 2.88 bits per heavy atom.